The molecule has 0 spiro atoms. The fourth-order valence-electron chi connectivity index (χ4n) is 1.71. The highest BCUT2D eigenvalue weighted by Gasteiger charge is 2.09. The first-order valence-electron chi connectivity index (χ1n) is 6.70. The van der Waals surface area contributed by atoms with E-state index in [1.165, 1.54) is 12.3 Å². The van der Waals surface area contributed by atoms with Gasteiger partial charge in [0, 0.05) is 19.2 Å². The second kappa shape index (κ2) is 9.00. The maximum absolute atomic E-state index is 12.8. The molecule has 0 radical (unpaired) electrons. The number of hydrogen-bond donors (Lipinski definition) is 1. The largest absolute Gasteiger partial charge is 0.380 e. The van der Waals surface area contributed by atoms with Crippen LogP contribution >= 0.6 is 0 Å². The minimum atomic E-state index is -0.295. The van der Waals surface area contributed by atoms with Gasteiger partial charge in [-0.05, 0) is 25.0 Å². The Morgan fingerprint density at radius 3 is 2.78 bits per heavy atom. The van der Waals surface area contributed by atoms with E-state index in [1.807, 2.05) is 0 Å². The summed E-state index contributed by atoms with van der Waals surface area (Å²) in [5, 5.41) is 3.37. The summed E-state index contributed by atoms with van der Waals surface area (Å²) in [5.41, 5.74) is 0.882. The Morgan fingerprint density at radius 2 is 2.17 bits per heavy atom. The molecular formula is C14H23FN2O. The molecule has 1 atom stereocenters. The quantitative estimate of drug-likeness (QED) is 0.688. The zero-order valence-corrected chi connectivity index (χ0v) is 11.3. The minimum Gasteiger partial charge on any atom is -0.380 e. The number of ether oxygens (including phenoxy) is 1. The number of nitrogens with one attached hydrogen (secondary N) is 1. The molecule has 1 aromatic heterocycles. The number of halogens is 1. The molecule has 0 aromatic carbocycles. The van der Waals surface area contributed by atoms with Gasteiger partial charge in [0.15, 0.2) is 0 Å². The van der Waals surface area contributed by atoms with Crippen LogP contribution in [0.4, 0.5) is 4.39 Å². The lowest BCUT2D eigenvalue weighted by Gasteiger charge is -2.16. The standard InChI is InChI=1S/C14H23FN2O/c1-3-5-9-18-10-8-16-13(4-2)14-7-6-12(15)11-17-14/h6-7,11,13,16H,3-5,8-10H2,1-2H3. The summed E-state index contributed by atoms with van der Waals surface area (Å²) < 4.78 is 18.3. The van der Waals surface area contributed by atoms with E-state index in [0.717, 1.165) is 38.1 Å². The molecule has 0 bridgehead atoms. The molecule has 1 unspecified atom stereocenters. The van der Waals surface area contributed by atoms with Gasteiger partial charge in [0.1, 0.15) is 5.82 Å². The second-order valence-corrected chi connectivity index (χ2v) is 4.28. The average molecular weight is 254 g/mol. The van der Waals surface area contributed by atoms with Gasteiger partial charge >= 0.3 is 0 Å². The third kappa shape index (κ3) is 5.56. The van der Waals surface area contributed by atoms with Crippen LogP contribution < -0.4 is 5.32 Å². The van der Waals surface area contributed by atoms with E-state index in [0.29, 0.717) is 6.61 Å². The van der Waals surface area contributed by atoms with Crippen molar-refractivity contribution >= 4 is 0 Å². The van der Waals surface area contributed by atoms with Gasteiger partial charge in [-0.15, -0.1) is 0 Å². The number of nitrogens with zero attached hydrogens (tertiary/aromatic N) is 1. The van der Waals surface area contributed by atoms with E-state index in [1.54, 1.807) is 6.07 Å². The van der Waals surface area contributed by atoms with Crippen LogP contribution in [0.1, 0.15) is 44.8 Å². The van der Waals surface area contributed by atoms with E-state index in [-0.39, 0.29) is 11.9 Å². The van der Waals surface area contributed by atoms with Crippen LogP contribution in [0.2, 0.25) is 0 Å². The topological polar surface area (TPSA) is 34.1 Å². The van der Waals surface area contributed by atoms with Crippen LogP contribution in [-0.4, -0.2) is 24.7 Å². The van der Waals surface area contributed by atoms with Crippen molar-refractivity contribution in [3.05, 3.63) is 29.8 Å². The molecule has 1 N–H and O–H groups in total. The van der Waals surface area contributed by atoms with Crippen LogP contribution in [0.15, 0.2) is 18.3 Å². The van der Waals surface area contributed by atoms with Crippen LogP contribution in [-0.2, 0) is 4.74 Å². The molecule has 3 nitrogen and oxygen atoms in total. The first kappa shape index (κ1) is 15.1. The lowest BCUT2D eigenvalue weighted by molar-refractivity contribution is 0.130. The highest BCUT2D eigenvalue weighted by molar-refractivity contribution is 5.09. The first-order chi connectivity index (χ1) is 8.77. The van der Waals surface area contributed by atoms with Crippen molar-refractivity contribution in [3.8, 4) is 0 Å². The number of pyridine rings is 1. The molecule has 4 heteroatoms. The lowest BCUT2D eigenvalue weighted by Crippen LogP contribution is -2.25. The molecule has 102 valence electrons. The van der Waals surface area contributed by atoms with Gasteiger partial charge in [-0.25, -0.2) is 4.39 Å². The number of rotatable bonds is 9. The van der Waals surface area contributed by atoms with E-state index >= 15 is 0 Å². The molecule has 0 aliphatic heterocycles. The summed E-state index contributed by atoms with van der Waals surface area (Å²) in [6.45, 7) is 6.55. The maximum atomic E-state index is 12.8. The molecule has 1 rings (SSSR count). The van der Waals surface area contributed by atoms with Crippen LogP contribution in [0.5, 0.6) is 0 Å². The number of hydrogen-bond acceptors (Lipinski definition) is 3. The van der Waals surface area contributed by atoms with E-state index in [2.05, 4.69) is 24.1 Å². The Morgan fingerprint density at radius 1 is 1.33 bits per heavy atom. The van der Waals surface area contributed by atoms with Crippen molar-refractivity contribution in [1.29, 1.82) is 0 Å². The summed E-state index contributed by atoms with van der Waals surface area (Å²) in [4.78, 5) is 4.10. The van der Waals surface area contributed by atoms with Gasteiger partial charge in [0.05, 0.1) is 18.5 Å². The molecule has 0 saturated heterocycles. The molecule has 0 saturated carbocycles. The lowest BCUT2D eigenvalue weighted by atomic mass is 10.1. The molecule has 0 aliphatic rings. The highest BCUT2D eigenvalue weighted by Crippen LogP contribution is 2.13. The van der Waals surface area contributed by atoms with Crippen molar-refractivity contribution in [2.24, 2.45) is 0 Å². The zero-order chi connectivity index (χ0) is 13.2. The van der Waals surface area contributed by atoms with Crippen molar-refractivity contribution in [1.82, 2.24) is 10.3 Å². The minimum absolute atomic E-state index is 0.167. The summed E-state index contributed by atoms with van der Waals surface area (Å²) in [6.07, 6.45) is 4.45. The molecule has 1 aromatic rings. The third-order valence-corrected chi connectivity index (χ3v) is 2.79. The predicted octanol–water partition coefficient (Wildman–Crippen LogP) is 3.08. The van der Waals surface area contributed by atoms with Crippen LogP contribution in [0, 0.1) is 5.82 Å². The van der Waals surface area contributed by atoms with Gasteiger partial charge in [0.25, 0.3) is 0 Å². The van der Waals surface area contributed by atoms with E-state index in [9.17, 15) is 4.39 Å². The van der Waals surface area contributed by atoms with Gasteiger partial charge < -0.3 is 10.1 Å². The van der Waals surface area contributed by atoms with Crippen molar-refractivity contribution < 1.29 is 9.13 Å². The normalized spacial score (nSPS) is 12.6. The Labute approximate surface area is 109 Å². The zero-order valence-electron chi connectivity index (χ0n) is 11.3. The Kier molecular flexibility index (Phi) is 7.53. The fraction of sp³-hybridized carbons (Fsp3) is 0.643. The van der Waals surface area contributed by atoms with Crippen molar-refractivity contribution in [3.63, 3.8) is 0 Å². The Balaban J connectivity index is 2.27. The van der Waals surface area contributed by atoms with E-state index < -0.39 is 0 Å². The molecule has 1 heterocycles. The predicted molar refractivity (Wildman–Crippen MR) is 71.0 cm³/mol. The smallest absolute Gasteiger partial charge is 0.141 e. The summed E-state index contributed by atoms with van der Waals surface area (Å²) in [7, 11) is 0. The Hall–Kier alpha value is -1.00. The van der Waals surface area contributed by atoms with E-state index in [4.69, 9.17) is 4.74 Å². The van der Waals surface area contributed by atoms with Gasteiger partial charge in [-0.3, -0.25) is 4.98 Å². The van der Waals surface area contributed by atoms with Crippen molar-refractivity contribution in [2.75, 3.05) is 19.8 Å². The molecule has 0 aliphatic carbocycles. The van der Waals surface area contributed by atoms with Gasteiger partial charge in [-0.2, -0.15) is 0 Å². The average Bonchev–Trinajstić information content (AvgIpc) is 2.39. The summed E-state index contributed by atoms with van der Waals surface area (Å²) in [6, 6.07) is 3.35. The fourth-order valence-corrected chi connectivity index (χ4v) is 1.71. The number of unbranched alkanes of at least 4 members (excludes halogenated alkanes) is 1. The summed E-state index contributed by atoms with van der Waals surface area (Å²) >= 11 is 0. The second-order valence-electron chi connectivity index (χ2n) is 4.28. The van der Waals surface area contributed by atoms with Gasteiger partial charge in [-0.1, -0.05) is 20.3 Å². The molecule has 18 heavy (non-hydrogen) atoms. The van der Waals surface area contributed by atoms with Gasteiger partial charge in [0.2, 0.25) is 0 Å². The first-order valence-corrected chi connectivity index (χ1v) is 6.70. The van der Waals surface area contributed by atoms with Crippen LogP contribution in [0.3, 0.4) is 0 Å². The van der Waals surface area contributed by atoms with Crippen molar-refractivity contribution in [2.45, 2.75) is 39.2 Å². The summed E-state index contributed by atoms with van der Waals surface area (Å²) in [5.74, 6) is -0.295. The Bertz CT molecular complexity index is 316. The molecular weight excluding hydrogens is 231 g/mol. The molecule has 0 amide bonds. The van der Waals surface area contributed by atoms with Crippen LogP contribution in [0.25, 0.3) is 0 Å². The molecule has 0 fully saturated rings. The third-order valence-electron chi connectivity index (χ3n) is 2.79. The monoisotopic (exact) mass is 254 g/mol. The SMILES string of the molecule is CCCCOCCNC(CC)c1ccc(F)cn1. The highest BCUT2D eigenvalue weighted by atomic mass is 19.1. The number of aromatic nitrogens is 1. The maximum Gasteiger partial charge on any atom is 0.141 e.